The molecule has 1 unspecified atom stereocenters. The van der Waals surface area contributed by atoms with E-state index in [1.165, 1.54) is 4.57 Å². The van der Waals surface area contributed by atoms with Crippen LogP contribution in [0.1, 0.15) is 32.0 Å². The Kier molecular flexibility index (Phi) is 4.39. The van der Waals surface area contributed by atoms with E-state index in [9.17, 15) is 9.59 Å². The van der Waals surface area contributed by atoms with E-state index in [1.54, 1.807) is 22.3 Å². The molecular formula is C13H18N4O2S. The summed E-state index contributed by atoms with van der Waals surface area (Å²) in [4.78, 5) is 23.5. The summed E-state index contributed by atoms with van der Waals surface area (Å²) in [5, 5.41) is 8.76. The highest BCUT2D eigenvalue weighted by Gasteiger charge is 2.13. The van der Waals surface area contributed by atoms with Gasteiger partial charge in [0.15, 0.2) is 0 Å². The van der Waals surface area contributed by atoms with Crippen LogP contribution >= 0.6 is 11.3 Å². The van der Waals surface area contributed by atoms with Gasteiger partial charge >= 0.3 is 4.87 Å². The van der Waals surface area contributed by atoms with E-state index in [4.69, 9.17) is 0 Å². The summed E-state index contributed by atoms with van der Waals surface area (Å²) in [5.41, 5.74) is 0.797. The molecule has 0 aromatic carbocycles. The van der Waals surface area contributed by atoms with Crippen LogP contribution in [0.25, 0.3) is 0 Å². The molecule has 2 heterocycles. The number of carbonyl (C=O) groups is 1. The molecule has 0 fully saturated rings. The van der Waals surface area contributed by atoms with E-state index in [1.807, 2.05) is 13.8 Å². The first-order chi connectivity index (χ1) is 9.52. The fourth-order valence-corrected chi connectivity index (χ4v) is 2.59. The summed E-state index contributed by atoms with van der Waals surface area (Å²) >= 11 is 1.10. The fourth-order valence-electron chi connectivity index (χ4n) is 1.86. The molecule has 1 atom stereocenters. The molecule has 0 saturated heterocycles. The van der Waals surface area contributed by atoms with Crippen LogP contribution in [-0.4, -0.2) is 20.3 Å². The third-order valence-corrected chi connectivity index (χ3v) is 4.11. The maximum Gasteiger partial charge on any atom is 0.307 e. The number of nitrogens with zero attached hydrogens (tertiary/aromatic N) is 3. The minimum atomic E-state index is -0.223. The van der Waals surface area contributed by atoms with E-state index >= 15 is 0 Å². The van der Waals surface area contributed by atoms with Gasteiger partial charge < -0.3 is 5.32 Å². The Bertz CT molecular complexity index is 655. The van der Waals surface area contributed by atoms with Crippen molar-refractivity contribution in [2.75, 3.05) is 5.32 Å². The number of hydrogen-bond donors (Lipinski definition) is 1. The Labute approximate surface area is 121 Å². The number of amides is 1. The number of nitrogens with one attached hydrogen (secondary N) is 1. The summed E-state index contributed by atoms with van der Waals surface area (Å²) in [5.74, 6) is 0.434. The first-order valence-corrected chi connectivity index (χ1v) is 7.39. The summed E-state index contributed by atoms with van der Waals surface area (Å²) < 4.78 is 3.24. The zero-order valence-corrected chi connectivity index (χ0v) is 12.6. The zero-order valence-electron chi connectivity index (χ0n) is 11.8. The molecule has 0 aliphatic rings. The lowest BCUT2D eigenvalue weighted by atomic mass is 10.3. The van der Waals surface area contributed by atoms with Gasteiger partial charge in [-0.2, -0.15) is 5.10 Å². The van der Waals surface area contributed by atoms with Crippen molar-refractivity contribution in [3.05, 3.63) is 33.0 Å². The number of aryl methyl sites for hydroxylation is 1. The normalized spacial score (nSPS) is 12.3. The highest BCUT2D eigenvalue weighted by molar-refractivity contribution is 7.07. The number of anilines is 1. The molecule has 0 aliphatic carbocycles. The molecular weight excluding hydrogens is 276 g/mol. The number of aromatic nitrogens is 3. The van der Waals surface area contributed by atoms with Crippen LogP contribution in [0, 0.1) is 6.92 Å². The Morgan fingerprint density at radius 2 is 2.30 bits per heavy atom. The fraction of sp³-hybridized carbons (Fsp3) is 0.462. The van der Waals surface area contributed by atoms with Crippen molar-refractivity contribution in [3.8, 4) is 0 Å². The summed E-state index contributed by atoms with van der Waals surface area (Å²) in [6.45, 7) is 5.94. The van der Waals surface area contributed by atoms with Crippen molar-refractivity contribution < 1.29 is 4.79 Å². The maximum absolute atomic E-state index is 12.0. The van der Waals surface area contributed by atoms with Gasteiger partial charge in [0, 0.05) is 17.1 Å². The van der Waals surface area contributed by atoms with E-state index in [0.717, 1.165) is 23.5 Å². The van der Waals surface area contributed by atoms with Gasteiger partial charge in [-0.15, -0.1) is 0 Å². The molecule has 20 heavy (non-hydrogen) atoms. The second-order valence-corrected chi connectivity index (χ2v) is 5.52. The lowest BCUT2D eigenvalue weighted by Gasteiger charge is -2.14. The Balaban J connectivity index is 2.09. The number of hydrogen-bond acceptors (Lipinski definition) is 4. The second-order valence-electron chi connectivity index (χ2n) is 4.70. The number of thiazole rings is 1. The van der Waals surface area contributed by atoms with Gasteiger partial charge in [-0.25, -0.2) is 4.68 Å². The van der Waals surface area contributed by atoms with Crippen LogP contribution in [0.4, 0.5) is 5.82 Å². The highest BCUT2D eigenvalue weighted by atomic mass is 32.1. The van der Waals surface area contributed by atoms with Gasteiger partial charge in [0.05, 0.1) is 12.2 Å². The summed E-state index contributed by atoms with van der Waals surface area (Å²) in [6.07, 6.45) is 2.58. The molecule has 2 rings (SSSR count). The van der Waals surface area contributed by atoms with Crippen molar-refractivity contribution in [3.63, 3.8) is 0 Å². The van der Waals surface area contributed by atoms with Crippen LogP contribution in [0.15, 0.2) is 22.4 Å². The molecule has 0 saturated carbocycles. The first-order valence-electron chi connectivity index (χ1n) is 6.51. The predicted octanol–water partition coefficient (Wildman–Crippen LogP) is 2.02. The van der Waals surface area contributed by atoms with Gasteiger partial charge in [0.25, 0.3) is 0 Å². The first kappa shape index (κ1) is 14.5. The quantitative estimate of drug-likeness (QED) is 0.917. The van der Waals surface area contributed by atoms with Gasteiger partial charge in [-0.1, -0.05) is 18.3 Å². The monoisotopic (exact) mass is 294 g/mol. The predicted molar refractivity (Wildman–Crippen MR) is 79.2 cm³/mol. The Hall–Kier alpha value is -1.89. The standard InChI is InChI=1S/C13H18N4O2S/c1-4-9(2)17-11(5-6-14-17)15-12(18)7-16-10(3)8-20-13(16)19/h5-6,8-9H,4,7H2,1-3H3,(H,15,18). The third kappa shape index (κ3) is 2.98. The Morgan fingerprint density at radius 1 is 1.55 bits per heavy atom. The topological polar surface area (TPSA) is 68.9 Å². The zero-order chi connectivity index (χ0) is 14.7. The maximum atomic E-state index is 12.0. The van der Waals surface area contributed by atoms with E-state index in [0.29, 0.717) is 5.82 Å². The smallest absolute Gasteiger partial charge is 0.307 e. The molecule has 7 heteroatoms. The van der Waals surface area contributed by atoms with Crippen LogP contribution in [0.5, 0.6) is 0 Å². The minimum absolute atomic E-state index is 0.0276. The molecule has 6 nitrogen and oxygen atoms in total. The minimum Gasteiger partial charge on any atom is -0.309 e. The van der Waals surface area contributed by atoms with Crippen LogP contribution < -0.4 is 10.2 Å². The van der Waals surface area contributed by atoms with Gasteiger partial charge in [-0.3, -0.25) is 14.2 Å². The van der Waals surface area contributed by atoms with Crippen molar-refractivity contribution >= 4 is 23.1 Å². The molecule has 2 aromatic heterocycles. The number of carbonyl (C=O) groups excluding carboxylic acids is 1. The highest BCUT2D eigenvalue weighted by Crippen LogP contribution is 2.16. The largest absolute Gasteiger partial charge is 0.309 e. The lowest BCUT2D eigenvalue weighted by molar-refractivity contribution is -0.116. The average molecular weight is 294 g/mol. The van der Waals surface area contributed by atoms with Crippen LogP contribution in [-0.2, 0) is 11.3 Å². The van der Waals surface area contributed by atoms with E-state index in [-0.39, 0.29) is 23.4 Å². The van der Waals surface area contributed by atoms with Crippen molar-refractivity contribution in [1.29, 1.82) is 0 Å². The number of rotatable bonds is 5. The molecule has 1 N–H and O–H groups in total. The molecule has 0 bridgehead atoms. The second kappa shape index (κ2) is 6.04. The molecule has 0 radical (unpaired) electrons. The lowest BCUT2D eigenvalue weighted by Crippen LogP contribution is -2.26. The molecule has 1 amide bonds. The van der Waals surface area contributed by atoms with Crippen LogP contribution in [0.2, 0.25) is 0 Å². The van der Waals surface area contributed by atoms with Crippen molar-refractivity contribution in [1.82, 2.24) is 14.3 Å². The third-order valence-electron chi connectivity index (χ3n) is 3.22. The molecule has 0 spiro atoms. The van der Waals surface area contributed by atoms with Gasteiger partial charge in [0.1, 0.15) is 12.4 Å². The molecule has 0 aliphatic heterocycles. The van der Waals surface area contributed by atoms with Crippen molar-refractivity contribution in [2.45, 2.75) is 39.8 Å². The van der Waals surface area contributed by atoms with Gasteiger partial charge in [0.2, 0.25) is 5.91 Å². The molecule has 2 aromatic rings. The summed E-state index contributed by atoms with van der Waals surface area (Å²) in [6, 6.07) is 1.97. The molecule has 108 valence electrons. The SMILES string of the molecule is CCC(C)n1nccc1NC(=O)Cn1c(C)csc1=O. The average Bonchev–Trinajstić information content (AvgIpc) is 2.99. The van der Waals surface area contributed by atoms with Gasteiger partial charge in [-0.05, 0) is 20.3 Å². The van der Waals surface area contributed by atoms with Crippen LogP contribution in [0.3, 0.4) is 0 Å². The summed E-state index contributed by atoms with van der Waals surface area (Å²) in [7, 11) is 0. The van der Waals surface area contributed by atoms with E-state index in [2.05, 4.69) is 17.3 Å². The van der Waals surface area contributed by atoms with E-state index < -0.39 is 0 Å². The van der Waals surface area contributed by atoms with Crippen molar-refractivity contribution in [2.24, 2.45) is 0 Å². The Morgan fingerprint density at radius 3 is 2.90 bits per heavy atom.